The Morgan fingerprint density at radius 1 is 0.977 bits per heavy atom. The molecule has 1 aliphatic rings. The van der Waals surface area contributed by atoms with Gasteiger partial charge in [0.05, 0.1) is 20.8 Å². The zero-order valence-corrected chi connectivity index (χ0v) is 25.9. The molecule has 222 valence electrons. The fourth-order valence-electron chi connectivity index (χ4n) is 5.03. The number of nitrogens with one attached hydrogen (secondary N) is 1. The summed E-state index contributed by atoms with van der Waals surface area (Å²) in [6.07, 6.45) is 2.10. The molecule has 1 saturated carbocycles. The van der Waals surface area contributed by atoms with E-state index in [2.05, 4.69) is 52.9 Å². The molecule has 11 heteroatoms. The molecule has 3 aromatic carbocycles. The van der Waals surface area contributed by atoms with Crippen LogP contribution in [0.5, 0.6) is 23.1 Å². The zero-order chi connectivity index (χ0) is 29.8. The van der Waals surface area contributed by atoms with Gasteiger partial charge in [0.1, 0.15) is 0 Å². The van der Waals surface area contributed by atoms with Gasteiger partial charge in [-0.3, -0.25) is 0 Å². The highest BCUT2D eigenvalue weighted by molar-refractivity contribution is 7.99. The van der Waals surface area contributed by atoms with E-state index in [9.17, 15) is 0 Å². The monoisotopic (exact) mass is 616 g/mol. The average Bonchev–Trinajstić information content (AvgIpc) is 3.71. The van der Waals surface area contributed by atoms with Crippen LogP contribution in [-0.4, -0.2) is 51.0 Å². The molecule has 2 atom stereocenters. The van der Waals surface area contributed by atoms with E-state index >= 15 is 0 Å². The van der Waals surface area contributed by atoms with Gasteiger partial charge in [0.25, 0.3) is 5.88 Å². The first-order valence-corrected chi connectivity index (χ1v) is 15.6. The van der Waals surface area contributed by atoms with Crippen molar-refractivity contribution in [3.63, 3.8) is 0 Å². The summed E-state index contributed by atoms with van der Waals surface area (Å²) in [4.78, 5) is 9.49. The molecule has 1 N–H and O–H groups in total. The largest absolute Gasteiger partial charge is 0.493 e. The van der Waals surface area contributed by atoms with Crippen molar-refractivity contribution in [1.82, 2.24) is 30.3 Å². The van der Waals surface area contributed by atoms with Gasteiger partial charge >= 0.3 is 0 Å². The molecule has 0 amide bonds. The Bertz CT molecular complexity index is 1690. The Labute approximate surface area is 259 Å². The van der Waals surface area contributed by atoms with Gasteiger partial charge in [0.2, 0.25) is 5.75 Å². The molecular weight excluding hydrogens is 584 g/mol. The van der Waals surface area contributed by atoms with E-state index < -0.39 is 0 Å². The number of fused-ring (bicyclic) bond motifs is 1. The summed E-state index contributed by atoms with van der Waals surface area (Å²) in [6.45, 7) is 3.24. The highest BCUT2D eigenvalue weighted by Crippen LogP contribution is 2.44. The SMILES string of the molecule is CCCSc1nc(Oc2c(OC)cc(CN[C@@H]3C[C@H]3c3ccccc3)cc2OC)c2nnn(Cc3cccc(Cl)c3)c2n1. The second-order valence-electron chi connectivity index (χ2n) is 10.4. The normalized spacial score (nSPS) is 15.9. The lowest BCUT2D eigenvalue weighted by atomic mass is 10.1. The van der Waals surface area contributed by atoms with Gasteiger partial charge in [-0.1, -0.05) is 78.0 Å². The zero-order valence-electron chi connectivity index (χ0n) is 24.3. The van der Waals surface area contributed by atoms with Crippen molar-refractivity contribution in [1.29, 1.82) is 0 Å². The molecule has 0 unspecified atom stereocenters. The number of methoxy groups -OCH3 is 2. The van der Waals surface area contributed by atoms with Crippen molar-refractivity contribution in [2.24, 2.45) is 0 Å². The lowest BCUT2D eigenvalue weighted by Gasteiger charge is -2.16. The van der Waals surface area contributed by atoms with Crippen LogP contribution >= 0.6 is 23.4 Å². The number of halogens is 1. The summed E-state index contributed by atoms with van der Waals surface area (Å²) >= 11 is 7.77. The summed E-state index contributed by atoms with van der Waals surface area (Å²) in [5.74, 6) is 3.17. The molecular formula is C32H33ClN6O3S. The van der Waals surface area contributed by atoms with Gasteiger partial charge in [0, 0.05) is 29.3 Å². The molecule has 43 heavy (non-hydrogen) atoms. The summed E-state index contributed by atoms with van der Waals surface area (Å²) < 4.78 is 19.7. The predicted molar refractivity (Wildman–Crippen MR) is 169 cm³/mol. The first kappa shape index (κ1) is 29.2. The molecule has 0 spiro atoms. The number of ether oxygens (including phenoxy) is 3. The standard InChI is InChI=1S/C32H33ClN6O3S/c1-4-13-43-32-35-30-28(37-38-39(30)19-20-9-8-12-23(33)14-20)31(36-32)42-29-26(40-2)15-21(16-27(29)41-3)18-34-25-17-24(25)22-10-6-5-7-11-22/h5-12,14-16,24-25,34H,4,13,17-19H2,1-3H3/t24-,25+/m0/s1. The maximum absolute atomic E-state index is 6.44. The van der Waals surface area contributed by atoms with E-state index in [0.717, 1.165) is 29.7 Å². The van der Waals surface area contributed by atoms with Crippen LogP contribution in [0.4, 0.5) is 0 Å². The van der Waals surface area contributed by atoms with Crippen LogP contribution in [0, 0.1) is 0 Å². The Balaban J connectivity index is 1.27. The first-order valence-electron chi connectivity index (χ1n) is 14.3. The van der Waals surface area contributed by atoms with Crippen molar-refractivity contribution >= 4 is 34.5 Å². The van der Waals surface area contributed by atoms with Crippen molar-refractivity contribution in [2.45, 2.75) is 50.0 Å². The Morgan fingerprint density at radius 3 is 2.49 bits per heavy atom. The van der Waals surface area contributed by atoms with Crippen LogP contribution in [0.25, 0.3) is 11.2 Å². The first-order chi connectivity index (χ1) is 21.1. The maximum atomic E-state index is 6.44. The summed E-state index contributed by atoms with van der Waals surface area (Å²) in [5.41, 5.74) is 4.39. The summed E-state index contributed by atoms with van der Waals surface area (Å²) in [7, 11) is 3.23. The fourth-order valence-corrected chi connectivity index (χ4v) is 5.93. The van der Waals surface area contributed by atoms with E-state index in [1.165, 1.54) is 5.56 Å². The number of benzene rings is 3. The van der Waals surface area contributed by atoms with Gasteiger partial charge in [-0.2, -0.15) is 4.98 Å². The van der Waals surface area contributed by atoms with Gasteiger partial charge in [0.15, 0.2) is 27.8 Å². The molecule has 1 fully saturated rings. The minimum Gasteiger partial charge on any atom is -0.493 e. The molecule has 0 bridgehead atoms. The van der Waals surface area contributed by atoms with Gasteiger partial charge < -0.3 is 19.5 Å². The van der Waals surface area contributed by atoms with E-state index in [1.807, 2.05) is 36.4 Å². The Morgan fingerprint density at radius 2 is 1.77 bits per heavy atom. The van der Waals surface area contributed by atoms with Crippen molar-refractivity contribution < 1.29 is 14.2 Å². The second-order valence-corrected chi connectivity index (χ2v) is 11.9. The maximum Gasteiger partial charge on any atom is 0.254 e. The smallest absolute Gasteiger partial charge is 0.254 e. The van der Waals surface area contributed by atoms with Crippen LogP contribution < -0.4 is 19.5 Å². The predicted octanol–water partition coefficient (Wildman–Crippen LogP) is 6.88. The number of thioether (sulfide) groups is 1. The highest BCUT2D eigenvalue weighted by atomic mass is 35.5. The third-order valence-electron chi connectivity index (χ3n) is 7.27. The van der Waals surface area contributed by atoms with E-state index in [4.69, 9.17) is 35.8 Å². The Hall–Kier alpha value is -3.86. The molecule has 9 nitrogen and oxygen atoms in total. The lowest BCUT2D eigenvalue weighted by molar-refractivity contribution is 0.341. The fraction of sp³-hybridized carbons (Fsp3) is 0.312. The average molecular weight is 617 g/mol. The topological polar surface area (TPSA) is 96.2 Å². The molecule has 0 aliphatic heterocycles. The number of hydrogen-bond acceptors (Lipinski definition) is 9. The lowest BCUT2D eigenvalue weighted by Crippen LogP contribution is -2.17. The molecule has 6 rings (SSSR count). The summed E-state index contributed by atoms with van der Waals surface area (Å²) in [6, 6.07) is 22.6. The third-order valence-corrected chi connectivity index (χ3v) is 8.56. The van der Waals surface area contributed by atoms with Gasteiger partial charge in [-0.15, -0.1) is 5.10 Å². The number of rotatable bonds is 13. The van der Waals surface area contributed by atoms with E-state index in [0.29, 0.717) is 63.6 Å². The minimum absolute atomic E-state index is 0.284. The molecule has 2 aromatic heterocycles. The third kappa shape index (κ3) is 6.71. The second kappa shape index (κ2) is 13.2. The highest BCUT2D eigenvalue weighted by Gasteiger charge is 2.37. The van der Waals surface area contributed by atoms with Crippen LogP contribution in [-0.2, 0) is 13.1 Å². The molecule has 1 aliphatic carbocycles. The van der Waals surface area contributed by atoms with E-state index in [1.54, 1.807) is 30.7 Å². The molecule has 2 heterocycles. The van der Waals surface area contributed by atoms with Crippen molar-refractivity contribution in [3.8, 4) is 23.1 Å². The number of aromatic nitrogens is 5. The quantitative estimate of drug-likeness (QED) is 0.112. The van der Waals surface area contributed by atoms with Gasteiger partial charge in [-0.05, 0) is 53.8 Å². The molecule has 5 aromatic rings. The van der Waals surface area contributed by atoms with Gasteiger partial charge in [-0.25, -0.2) is 9.67 Å². The molecule has 0 radical (unpaired) electrons. The number of hydrogen-bond donors (Lipinski definition) is 1. The van der Waals surface area contributed by atoms with Crippen LogP contribution in [0.2, 0.25) is 5.02 Å². The van der Waals surface area contributed by atoms with E-state index in [-0.39, 0.29) is 5.88 Å². The van der Waals surface area contributed by atoms with Crippen LogP contribution in [0.3, 0.4) is 0 Å². The van der Waals surface area contributed by atoms with Crippen LogP contribution in [0.1, 0.15) is 42.4 Å². The minimum atomic E-state index is 0.284. The number of nitrogens with zero attached hydrogens (tertiary/aromatic N) is 5. The van der Waals surface area contributed by atoms with Crippen LogP contribution in [0.15, 0.2) is 71.9 Å². The Kier molecular flexibility index (Phi) is 8.97. The van der Waals surface area contributed by atoms with Crippen molar-refractivity contribution in [3.05, 3.63) is 88.4 Å². The summed E-state index contributed by atoms with van der Waals surface area (Å²) in [5, 5.41) is 13.7. The van der Waals surface area contributed by atoms with Crippen molar-refractivity contribution in [2.75, 3.05) is 20.0 Å². The molecule has 0 saturated heterocycles.